The van der Waals surface area contributed by atoms with Gasteiger partial charge in [0.25, 0.3) is 0 Å². The van der Waals surface area contributed by atoms with E-state index in [0.29, 0.717) is 6.61 Å². The van der Waals surface area contributed by atoms with Crippen molar-refractivity contribution >= 4 is 0 Å². The van der Waals surface area contributed by atoms with Crippen molar-refractivity contribution in [2.45, 2.75) is 46.1 Å². The molecule has 0 unspecified atom stereocenters. The summed E-state index contributed by atoms with van der Waals surface area (Å²) in [7, 11) is 1.66. The summed E-state index contributed by atoms with van der Waals surface area (Å²) >= 11 is 0. The van der Waals surface area contributed by atoms with Gasteiger partial charge in [0, 0.05) is 7.11 Å². The Morgan fingerprint density at radius 2 is 1.90 bits per heavy atom. The molecule has 0 aliphatic heterocycles. The molecule has 21 heavy (non-hydrogen) atoms. The van der Waals surface area contributed by atoms with Crippen LogP contribution >= 0.6 is 0 Å². The number of rotatable bonds is 8. The molecule has 0 atom stereocenters. The van der Waals surface area contributed by atoms with Gasteiger partial charge in [-0.2, -0.15) is 0 Å². The van der Waals surface area contributed by atoms with E-state index in [2.05, 4.69) is 48.4 Å². The number of unbranched alkanes of at least 4 members (excludes halogenated alkanes) is 1. The topological polar surface area (TPSA) is 39.9 Å². The van der Waals surface area contributed by atoms with Gasteiger partial charge in [-0.1, -0.05) is 44.0 Å². The van der Waals surface area contributed by atoms with Gasteiger partial charge in [0.05, 0.1) is 18.5 Å². The maximum absolute atomic E-state index is 5.05. The van der Waals surface area contributed by atoms with E-state index in [1.807, 2.05) is 6.20 Å². The quantitative estimate of drug-likeness (QED) is 0.694. The van der Waals surface area contributed by atoms with Gasteiger partial charge < -0.3 is 4.74 Å². The maximum atomic E-state index is 5.05. The zero-order valence-electron chi connectivity index (χ0n) is 13.2. The lowest BCUT2D eigenvalue weighted by molar-refractivity contribution is 0.181. The highest BCUT2D eigenvalue weighted by Crippen LogP contribution is 2.13. The summed E-state index contributed by atoms with van der Waals surface area (Å²) in [4.78, 5) is 0. The first kappa shape index (κ1) is 15.7. The first-order valence-corrected chi connectivity index (χ1v) is 7.68. The predicted octanol–water partition coefficient (Wildman–Crippen LogP) is 3.78. The average molecular weight is 287 g/mol. The van der Waals surface area contributed by atoms with Crippen molar-refractivity contribution in [2.24, 2.45) is 5.92 Å². The number of aryl methyl sites for hydroxylation is 1. The van der Waals surface area contributed by atoms with Crippen LogP contribution in [-0.4, -0.2) is 22.1 Å². The Bertz CT molecular complexity index is 531. The third kappa shape index (κ3) is 4.97. The lowest BCUT2D eigenvalue weighted by Gasteiger charge is -2.05. The molecule has 114 valence electrons. The van der Waals surface area contributed by atoms with Gasteiger partial charge in [-0.15, -0.1) is 5.10 Å². The van der Waals surface area contributed by atoms with Gasteiger partial charge in [0.2, 0.25) is 0 Å². The lowest BCUT2D eigenvalue weighted by Crippen LogP contribution is -1.95. The van der Waals surface area contributed by atoms with E-state index in [1.165, 1.54) is 24.8 Å². The highest BCUT2D eigenvalue weighted by Gasteiger charge is 2.03. The summed E-state index contributed by atoms with van der Waals surface area (Å²) in [5, 5.41) is 8.19. The van der Waals surface area contributed by atoms with Crippen molar-refractivity contribution in [3.05, 3.63) is 41.7 Å². The number of hydrogen-bond acceptors (Lipinski definition) is 3. The highest BCUT2D eigenvalue weighted by atomic mass is 16.5. The second kappa shape index (κ2) is 7.93. The molecule has 0 spiro atoms. The standard InChI is InChI=1S/C17H25N3O/c1-14(2)6-4-5-7-15-8-10-17(11-9-15)20-12-16(13-21-3)18-19-20/h8-12,14H,4-7,13H2,1-3H3. The maximum Gasteiger partial charge on any atom is 0.109 e. The number of methoxy groups -OCH3 is 1. The van der Waals surface area contributed by atoms with Gasteiger partial charge in [-0.3, -0.25) is 0 Å². The molecule has 2 rings (SSSR count). The van der Waals surface area contributed by atoms with Crippen molar-refractivity contribution < 1.29 is 4.74 Å². The number of ether oxygens (including phenoxy) is 1. The van der Waals surface area contributed by atoms with E-state index >= 15 is 0 Å². The number of benzene rings is 1. The molecule has 0 aliphatic carbocycles. The van der Waals surface area contributed by atoms with Crippen molar-refractivity contribution in [1.29, 1.82) is 0 Å². The van der Waals surface area contributed by atoms with Crippen LogP contribution in [0.3, 0.4) is 0 Å². The van der Waals surface area contributed by atoms with E-state index in [1.54, 1.807) is 11.8 Å². The van der Waals surface area contributed by atoms with Crippen LogP contribution in [0.15, 0.2) is 30.5 Å². The zero-order valence-corrected chi connectivity index (χ0v) is 13.2. The number of hydrogen-bond donors (Lipinski definition) is 0. The molecule has 0 amide bonds. The van der Waals surface area contributed by atoms with E-state index < -0.39 is 0 Å². The van der Waals surface area contributed by atoms with Gasteiger partial charge in [-0.05, 0) is 36.5 Å². The Balaban J connectivity index is 1.88. The molecule has 0 saturated carbocycles. The van der Waals surface area contributed by atoms with E-state index in [4.69, 9.17) is 4.74 Å². The van der Waals surface area contributed by atoms with Crippen LogP contribution < -0.4 is 0 Å². The normalized spacial score (nSPS) is 11.2. The molecule has 1 aromatic heterocycles. The summed E-state index contributed by atoms with van der Waals surface area (Å²) in [5.41, 5.74) is 3.27. The van der Waals surface area contributed by atoms with E-state index in [9.17, 15) is 0 Å². The summed E-state index contributed by atoms with van der Waals surface area (Å²) in [6, 6.07) is 8.57. The minimum atomic E-state index is 0.494. The van der Waals surface area contributed by atoms with Crippen molar-refractivity contribution in [1.82, 2.24) is 15.0 Å². The fourth-order valence-corrected chi connectivity index (χ4v) is 2.34. The summed E-state index contributed by atoms with van der Waals surface area (Å²) < 4.78 is 6.84. The monoisotopic (exact) mass is 287 g/mol. The van der Waals surface area contributed by atoms with Gasteiger partial charge in [0.1, 0.15) is 5.69 Å². The second-order valence-electron chi connectivity index (χ2n) is 5.89. The van der Waals surface area contributed by atoms with Crippen molar-refractivity contribution in [3.8, 4) is 5.69 Å². The van der Waals surface area contributed by atoms with Crippen LogP contribution in [0.25, 0.3) is 5.69 Å². The first-order chi connectivity index (χ1) is 10.2. The molecule has 1 heterocycles. The predicted molar refractivity (Wildman–Crippen MR) is 84.5 cm³/mol. The fraction of sp³-hybridized carbons (Fsp3) is 0.529. The molecular weight excluding hydrogens is 262 g/mol. The summed E-state index contributed by atoms with van der Waals surface area (Å²) in [6.45, 7) is 5.06. The zero-order chi connectivity index (χ0) is 15.1. The van der Waals surface area contributed by atoms with E-state index in [-0.39, 0.29) is 0 Å². The summed E-state index contributed by atoms with van der Waals surface area (Å²) in [5.74, 6) is 0.806. The smallest absolute Gasteiger partial charge is 0.109 e. The van der Waals surface area contributed by atoms with Gasteiger partial charge in [-0.25, -0.2) is 4.68 Å². The molecule has 0 N–H and O–H groups in total. The van der Waals surface area contributed by atoms with Gasteiger partial charge in [0.15, 0.2) is 0 Å². The third-order valence-corrected chi connectivity index (χ3v) is 3.53. The van der Waals surface area contributed by atoms with Crippen LogP contribution in [0, 0.1) is 5.92 Å². The number of aromatic nitrogens is 3. The Hall–Kier alpha value is -1.68. The molecule has 1 aromatic carbocycles. The third-order valence-electron chi connectivity index (χ3n) is 3.53. The summed E-state index contributed by atoms with van der Waals surface area (Å²) in [6.07, 6.45) is 6.95. The molecule has 2 aromatic rings. The molecule has 4 heteroatoms. The Morgan fingerprint density at radius 3 is 2.57 bits per heavy atom. The van der Waals surface area contributed by atoms with E-state index in [0.717, 1.165) is 23.7 Å². The molecule has 0 bridgehead atoms. The number of nitrogens with zero attached hydrogens (tertiary/aromatic N) is 3. The average Bonchev–Trinajstić information content (AvgIpc) is 2.93. The molecule has 0 fully saturated rings. The van der Waals surface area contributed by atoms with Crippen molar-refractivity contribution in [3.63, 3.8) is 0 Å². The molecule has 0 radical (unpaired) electrons. The van der Waals surface area contributed by atoms with Gasteiger partial charge >= 0.3 is 0 Å². The van der Waals surface area contributed by atoms with Crippen LogP contribution in [0.5, 0.6) is 0 Å². The minimum Gasteiger partial charge on any atom is -0.378 e. The first-order valence-electron chi connectivity index (χ1n) is 7.68. The Labute approximate surface area is 127 Å². The van der Waals surface area contributed by atoms with Crippen LogP contribution in [-0.2, 0) is 17.8 Å². The molecule has 4 nitrogen and oxygen atoms in total. The highest BCUT2D eigenvalue weighted by molar-refractivity contribution is 5.33. The van der Waals surface area contributed by atoms with Crippen LogP contribution in [0.2, 0.25) is 0 Å². The molecule has 0 saturated heterocycles. The molecular formula is C17H25N3O. The van der Waals surface area contributed by atoms with Crippen molar-refractivity contribution in [2.75, 3.05) is 7.11 Å². The minimum absolute atomic E-state index is 0.494. The SMILES string of the molecule is COCc1cn(-c2ccc(CCCCC(C)C)cc2)nn1. The van der Waals surface area contributed by atoms with Crippen LogP contribution in [0.4, 0.5) is 0 Å². The lowest BCUT2D eigenvalue weighted by atomic mass is 10.0. The Morgan fingerprint density at radius 1 is 1.14 bits per heavy atom. The fourth-order valence-electron chi connectivity index (χ4n) is 2.34. The Kier molecular flexibility index (Phi) is 5.93. The van der Waals surface area contributed by atoms with Crippen LogP contribution in [0.1, 0.15) is 44.4 Å². The molecule has 0 aliphatic rings. The largest absolute Gasteiger partial charge is 0.378 e. The second-order valence-corrected chi connectivity index (χ2v) is 5.89.